The fraction of sp³-hybridized carbons (Fsp3) is 0.286. The van der Waals surface area contributed by atoms with Gasteiger partial charge in [0.05, 0.1) is 12.1 Å². The molecule has 4 nitrogen and oxygen atoms in total. The monoisotopic (exact) mass is 353 g/mol. The summed E-state index contributed by atoms with van der Waals surface area (Å²) in [6.07, 6.45) is 3.00. The number of halogens is 1. The first kappa shape index (κ1) is 16.6. The minimum absolute atomic E-state index is 0.219. The largest absolute Gasteiger partial charge is 0.481 e. The standard InChI is InChI=1S/C21H20FNO3/c1-13-9-17-19(26-12-20(24)25)10-14-6-4-7-16(14)21(17)23(13)11-15-5-2-3-8-18(15)22/h2-3,5,8-10H,4,6-7,11-12H2,1H3,(H,24,25). The van der Waals surface area contributed by atoms with Crippen molar-refractivity contribution in [3.05, 3.63) is 64.6 Å². The zero-order valence-electron chi connectivity index (χ0n) is 14.6. The highest BCUT2D eigenvalue weighted by Gasteiger charge is 2.22. The van der Waals surface area contributed by atoms with Gasteiger partial charge in [0.2, 0.25) is 0 Å². The summed E-state index contributed by atoms with van der Waals surface area (Å²) < 4.78 is 21.9. The third kappa shape index (κ3) is 2.83. The van der Waals surface area contributed by atoms with Gasteiger partial charge < -0.3 is 14.4 Å². The second kappa shape index (κ2) is 6.48. The van der Waals surface area contributed by atoms with Gasteiger partial charge in [-0.05, 0) is 55.5 Å². The van der Waals surface area contributed by atoms with Gasteiger partial charge in [-0.25, -0.2) is 9.18 Å². The van der Waals surface area contributed by atoms with E-state index < -0.39 is 5.97 Å². The lowest BCUT2D eigenvalue weighted by atomic mass is 10.1. The van der Waals surface area contributed by atoms with Crippen LogP contribution in [-0.4, -0.2) is 22.2 Å². The molecule has 0 saturated carbocycles. The van der Waals surface area contributed by atoms with Crippen LogP contribution in [0.5, 0.6) is 5.75 Å². The Morgan fingerprint density at radius 2 is 2.08 bits per heavy atom. The molecular weight excluding hydrogens is 333 g/mol. The number of nitrogens with zero attached hydrogens (tertiary/aromatic N) is 1. The Morgan fingerprint density at radius 1 is 1.27 bits per heavy atom. The first-order chi connectivity index (χ1) is 12.5. The van der Waals surface area contributed by atoms with Gasteiger partial charge >= 0.3 is 5.97 Å². The average molecular weight is 353 g/mol. The van der Waals surface area contributed by atoms with Gasteiger partial charge in [-0.15, -0.1) is 0 Å². The first-order valence-electron chi connectivity index (χ1n) is 8.77. The van der Waals surface area contributed by atoms with Crippen molar-refractivity contribution in [1.82, 2.24) is 4.57 Å². The molecule has 3 aromatic rings. The van der Waals surface area contributed by atoms with Crippen LogP contribution >= 0.6 is 0 Å². The molecular formula is C21H20FNO3. The molecule has 134 valence electrons. The lowest BCUT2D eigenvalue weighted by Crippen LogP contribution is -2.10. The van der Waals surface area contributed by atoms with E-state index in [-0.39, 0.29) is 12.4 Å². The Labute approximate surface area is 150 Å². The smallest absolute Gasteiger partial charge is 0.341 e. The molecule has 1 heterocycles. The molecule has 2 aromatic carbocycles. The molecule has 0 saturated heterocycles. The summed E-state index contributed by atoms with van der Waals surface area (Å²) in [7, 11) is 0. The highest BCUT2D eigenvalue weighted by atomic mass is 19.1. The quantitative estimate of drug-likeness (QED) is 0.752. The average Bonchev–Trinajstić information content (AvgIpc) is 3.19. The summed E-state index contributed by atoms with van der Waals surface area (Å²) in [6.45, 7) is 2.06. The number of aromatic nitrogens is 1. The maximum atomic E-state index is 14.2. The Morgan fingerprint density at radius 3 is 2.85 bits per heavy atom. The van der Waals surface area contributed by atoms with E-state index >= 15 is 0 Å². The van der Waals surface area contributed by atoms with Crippen LogP contribution < -0.4 is 4.74 Å². The molecule has 0 aliphatic heterocycles. The zero-order valence-corrected chi connectivity index (χ0v) is 14.6. The van der Waals surface area contributed by atoms with Gasteiger partial charge in [-0.1, -0.05) is 18.2 Å². The summed E-state index contributed by atoms with van der Waals surface area (Å²) in [5, 5.41) is 9.86. The van der Waals surface area contributed by atoms with Gasteiger partial charge in [0.25, 0.3) is 0 Å². The topological polar surface area (TPSA) is 51.5 Å². The minimum Gasteiger partial charge on any atom is -0.481 e. The van der Waals surface area contributed by atoms with Gasteiger partial charge in [-0.3, -0.25) is 0 Å². The number of fused-ring (bicyclic) bond motifs is 3. The van der Waals surface area contributed by atoms with Crippen LogP contribution in [0, 0.1) is 12.7 Å². The molecule has 0 spiro atoms. The van der Waals surface area contributed by atoms with E-state index in [4.69, 9.17) is 9.84 Å². The van der Waals surface area contributed by atoms with Crippen LogP contribution in [0.3, 0.4) is 0 Å². The van der Waals surface area contributed by atoms with Crippen LogP contribution in [0.25, 0.3) is 10.9 Å². The van der Waals surface area contributed by atoms with Crippen molar-refractivity contribution < 1.29 is 19.0 Å². The van der Waals surface area contributed by atoms with E-state index in [1.54, 1.807) is 12.1 Å². The van der Waals surface area contributed by atoms with E-state index in [9.17, 15) is 9.18 Å². The van der Waals surface area contributed by atoms with Crippen LogP contribution in [0.2, 0.25) is 0 Å². The lowest BCUT2D eigenvalue weighted by Gasteiger charge is -2.14. The summed E-state index contributed by atoms with van der Waals surface area (Å²) in [4.78, 5) is 10.9. The number of benzene rings is 2. The lowest BCUT2D eigenvalue weighted by molar-refractivity contribution is -0.139. The van der Waals surface area contributed by atoms with Crippen molar-refractivity contribution in [3.63, 3.8) is 0 Å². The summed E-state index contributed by atoms with van der Waals surface area (Å²) in [5.74, 6) is -0.622. The number of hydrogen-bond acceptors (Lipinski definition) is 2. The Bertz CT molecular complexity index is 1010. The maximum absolute atomic E-state index is 14.2. The number of carboxylic acid groups (broad SMARTS) is 1. The fourth-order valence-corrected chi connectivity index (χ4v) is 3.88. The van der Waals surface area contributed by atoms with Gasteiger partial charge in [0.15, 0.2) is 6.61 Å². The van der Waals surface area contributed by atoms with Gasteiger partial charge in [0.1, 0.15) is 11.6 Å². The predicted molar refractivity (Wildman–Crippen MR) is 97.3 cm³/mol. The van der Waals surface area contributed by atoms with Crippen molar-refractivity contribution in [3.8, 4) is 5.75 Å². The number of rotatable bonds is 5. The van der Waals surface area contributed by atoms with Gasteiger partial charge in [-0.2, -0.15) is 0 Å². The second-order valence-electron chi connectivity index (χ2n) is 6.77. The van der Waals surface area contributed by atoms with Crippen LogP contribution in [0.4, 0.5) is 4.39 Å². The number of aryl methyl sites for hydroxylation is 3. The molecule has 5 heteroatoms. The number of aliphatic carboxylic acids is 1. The van der Waals surface area contributed by atoms with Crippen molar-refractivity contribution in [1.29, 1.82) is 0 Å². The van der Waals surface area contributed by atoms with E-state index in [0.717, 1.165) is 35.9 Å². The molecule has 1 aliphatic carbocycles. The van der Waals surface area contributed by atoms with Crippen molar-refractivity contribution in [2.45, 2.75) is 32.7 Å². The molecule has 0 amide bonds. The van der Waals surface area contributed by atoms with Crippen molar-refractivity contribution >= 4 is 16.9 Å². The zero-order chi connectivity index (χ0) is 18.3. The predicted octanol–water partition coefficient (Wildman–Crippen LogP) is 4.09. The molecule has 26 heavy (non-hydrogen) atoms. The van der Waals surface area contributed by atoms with Crippen LogP contribution in [0.1, 0.15) is 28.8 Å². The molecule has 1 N–H and O–H groups in total. The molecule has 0 radical (unpaired) electrons. The third-order valence-electron chi connectivity index (χ3n) is 5.06. The number of hydrogen-bond donors (Lipinski definition) is 1. The third-order valence-corrected chi connectivity index (χ3v) is 5.06. The Hall–Kier alpha value is -2.82. The summed E-state index contributed by atoms with van der Waals surface area (Å²) >= 11 is 0. The van der Waals surface area contributed by atoms with E-state index in [0.29, 0.717) is 17.9 Å². The SMILES string of the molecule is Cc1cc2c(OCC(=O)O)cc3c(c2n1Cc1ccccc1F)CCC3. The molecule has 0 unspecified atom stereocenters. The van der Waals surface area contributed by atoms with E-state index in [1.807, 2.05) is 25.1 Å². The van der Waals surface area contributed by atoms with E-state index in [2.05, 4.69) is 4.57 Å². The first-order valence-corrected chi connectivity index (χ1v) is 8.77. The second-order valence-corrected chi connectivity index (χ2v) is 6.77. The van der Waals surface area contributed by atoms with E-state index in [1.165, 1.54) is 17.2 Å². The molecule has 4 rings (SSSR count). The molecule has 0 fully saturated rings. The fourth-order valence-electron chi connectivity index (χ4n) is 3.88. The van der Waals surface area contributed by atoms with Crippen molar-refractivity contribution in [2.75, 3.05) is 6.61 Å². The number of ether oxygens (including phenoxy) is 1. The summed E-state index contributed by atoms with van der Waals surface area (Å²) in [5.41, 5.74) is 5.15. The highest BCUT2D eigenvalue weighted by Crippen LogP contribution is 2.38. The van der Waals surface area contributed by atoms with Crippen LogP contribution in [0.15, 0.2) is 36.4 Å². The number of carbonyl (C=O) groups is 1. The molecule has 0 bridgehead atoms. The Kier molecular flexibility index (Phi) is 4.15. The normalized spacial score (nSPS) is 13.2. The Balaban J connectivity index is 1.87. The molecule has 1 aromatic heterocycles. The minimum atomic E-state index is -0.999. The van der Waals surface area contributed by atoms with Crippen molar-refractivity contribution in [2.24, 2.45) is 0 Å². The summed E-state index contributed by atoms with van der Waals surface area (Å²) in [6, 6.07) is 10.8. The van der Waals surface area contributed by atoms with Crippen LogP contribution in [-0.2, 0) is 24.2 Å². The van der Waals surface area contributed by atoms with Gasteiger partial charge in [0, 0.05) is 16.6 Å². The number of carboxylic acids is 1. The highest BCUT2D eigenvalue weighted by molar-refractivity contribution is 5.92. The molecule has 0 atom stereocenters. The molecule has 1 aliphatic rings. The maximum Gasteiger partial charge on any atom is 0.341 e.